The van der Waals surface area contributed by atoms with Gasteiger partial charge in [0.25, 0.3) is 5.91 Å². The number of thioether (sulfide) groups is 1. The van der Waals surface area contributed by atoms with E-state index < -0.39 is 23.5 Å². The minimum atomic E-state index is -4.45. The summed E-state index contributed by atoms with van der Waals surface area (Å²) in [6.07, 6.45) is -2.95. The normalized spacial score (nSPS) is 11.5. The number of halogens is 4. The van der Waals surface area contributed by atoms with Gasteiger partial charge in [0.05, 0.1) is 17.5 Å². The Labute approximate surface area is 224 Å². The number of amides is 1. The van der Waals surface area contributed by atoms with Crippen LogP contribution in [0.1, 0.15) is 27.0 Å². The van der Waals surface area contributed by atoms with Crippen molar-refractivity contribution in [1.82, 2.24) is 20.1 Å². The van der Waals surface area contributed by atoms with E-state index in [-0.39, 0.29) is 12.2 Å². The lowest BCUT2D eigenvalue weighted by molar-refractivity contribution is -0.137. The Morgan fingerprint density at radius 1 is 0.923 bits per heavy atom. The Balaban J connectivity index is 1.26. The fourth-order valence-electron chi connectivity index (χ4n) is 3.82. The van der Waals surface area contributed by atoms with Crippen LogP contribution < -0.4 is 5.32 Å². The van der Waals surface area contributed by atoms with Crippen LogP contribution in [0.25, 0.3) is 17.3 Å². The Morgan fingerprint density at radius 2 is 1.72 bits per heavy atom. The summed E-state index contributed by atoms with van der Waals surface area (Å²) in [5.41, 5.74) is 1.10. The summed E-state index contributed by atoms with van der Waals surface area (Å²) in [6, 6.07) is 21.3. The molecule has 3 aromatic carbocycles. The highest BCUT2D eigenvalue weighted by molar-refractivity contribution is 7.98. The summed E-state index contributed by atoms with van der Waals surface area (Å²) in [5, 5.41) is 11.5. The van der Waals surface area contributed by atoms with Gasteiger partial charge >= 0.3 is 6.18 Å². The van der Waals surface area contributed by atoms with E-state index >= 15 is 0 Å². The van der Waals surface area contributed by atoms with Crippen molar-refractivity contribution in [2.75, 3.05) is 0 Å². The van der Waals surface area contributed by atoms with E-state index in [1.807, 2.05) is 0 Å². The van der Waals surface area contributed by atoms with E-state index in [0.717, 1.165) is 17.7 Å². The molecule has 198 valence electrons. The molecule has 1 amide bonds. The van der Waals surface area contributed by atoms with Crippen LogP contribution in [0.2, 0.25) is 0 Å². The molecule has 0 saturated carbocycles. The third-order valence-electron chi connectivity index (χ3n) is 5.76. The minimum Gasteiger partial charge on any atom is -0.461 e. The maximum absolute atomic E-state index is 14.7. The number of carbonyl (C=O) groups excluding carboxylic acids is 1. The van der Waals surface area contributed by atoms with Gasteiger partial charge in [0.15, 0.2) is 10.9 Å². The lowest BCUT2D eigenvalue weighted by atomic mass is 10.1. The first kappa shape index (κ1) is 26.2. The molecule has 2 heterocycles. The molecule has 0 spiro atoms. The second-order valence-electron chi connectivity index (χ2n) is 8.44. The van der Waals surface area contributed by atoms with Crippen molar-refractivity contribution in [2.24, 2.45) is 0 Å². The number of benzene rings is 3. The van der Waals surface area contributed by atoms with Gasteiger partial charge in [0.2, 0.25) is 5.82 Å². The van der Waals surface area contributed by atoms with Gasteiger partial charge in [0.1, 0.15) is 5.82 Å². The molecule has 0 unspecified atom stereocenters. The van der Waals surface area contributed by atoms with Crippen LogP contribution >= 0.6 is 11.8 Å². The molecule has 39 heavy (non-hydrogen) atoms. The van der Waals surface area contributed by atoms with Gasteiger partial charge in [-0.15, -0.1) is 10.2 Å². The Kier molecular flexibility index (Phi) is 7.51. The molecule has 5 rings (SSSR count). The summed E-state index contributed by atoms with van der Waals surface area (Å²) in [5.74, 6) is 0.414. The molecular weight excluding hydrogens is 532 g/mol. The molecule has 0 aliphatic carbocycles. The SMILES string of the molecule is O=C(NCc1cccc(C(F)(F)F)c1)c1ccc(CSc2nnc(-c3ccco3)n2-c2ccccc2F)cc1. The van der Waals surface area contributed by atoms with E-state index in [4.69, 9.17) is 4.42 Å². The highest BCUT2D eigenvalue weighted by atomic mass is 32.2. The fraction of sp³-hybridized carbons (Fsp3) is 0.107. The van der Waals surface area contributed by atoms with Crippen molar-refractivity contribution in [3.05, 3.63) is 119 Å². The molecule has 2 aromatic heterocycles. The molecule has 5 aromatic rings. The molecule has 6 nitrogen and oxygen atoms in total. The zero-order valence-corrected chi connectivity index (χ0v) is 21.0. The zero-order chi connectivity index (χ0) is 27.4. The molecule has 1 N–H and O–H groups in total. The van der Waals surface area contributed by atoms with E-state index in [1.54, 1.807) is 59.2 Å². The van der Waals surface area contributed by atoms with Gasteiger partial charge < -0.3 is 9.73 Å². The number of carbonyl (C=O) groups is 1. The van der Waals surface area contributed by atoms with Gasteiger partial charge in [0, 0.05) is 17.9 Å². The average Bonchev–Trinajstić information content (AvgIpc) is 3.61. The number of rotatable bonds is 8. The topological polar surface area (TPSA) is 73.0 Å². The summed E-state index contributed by atoms with van der Waals surface area (Å²) in [6.45, 7) is -0.0376. The van der Waals surface area contributed by atoms with Crippen LogP contribution in [0.4, 0.5) is 17.6 Å². The molecule has 0 fully saturated rings. The lowest BCUT2D eigenvalue weighted by Gasteiger charge is -2.11. The van der Waals surface area contributed by atoms with Gasteiger partial charge in [-0.1, -0.05) is 48.2 Å². The standard InChI is InChI=1S/C28H20F4N4O2S/c29-22-7-1-2-8-23(22)36-25(24-9-4-14-38-24)34-35-27(36)39-17-18-10-12-20(13-11-18)26(37)33-16-19-5-3-6-21(15-19)28(30,31)32/h1-15H,16-17H2,(H,33,37). The summed E-state index contributed by atoms with van der Waals surface area (Å²) < 4.78 is 60.5. The molecule has 0 saturated heterocycles. The number of hydrogen-bond donors (Lipinski definition) is 1. The molecule has 0 bridgehead atoms. The Morgan fingerprint density at radius 3 is 2.44 bits per heavy atom. The second kappa shape index (κ2) is 11.2. The van der Waals surface area contributed by atoms with Crippen LogP contribution in [0.3, 0.4) is 0 Å². The number of alkyl halides is 3. The maximum atomic E-state index is 14.7. The molecule has 11 heteroatoms. The molecule has 0 aliphatic heterocycles. The summed E-state index contributed by atoms with van der Waals surface area (Å²) in [4.78, 5) is 12.5. The van der Waals surface area contributed by atoms with E-state index in [9.17, 15) is 22.4 Å². The molecular formula is C28H20F4N4O2S. The number of hydrogen-bond acceptors (Lipinski definition) is 5. The molecule has 0 radical (unpaired) electrons. The van der Waals surface area contributed by atoms with Gasteiger partial charge in [-0.3, -0.25) is 9.36 Å². The van der Waals surface area contributed by atoms with Crippen LogP contribution in [0.5, 0.6) is 0 Å². The number of furan rings is 1. The Bertz CT molecular complexity index is 1580. The Hall–Kier alpha value is -4.38. The second-order valence-corrected chi connectivity index (χ2v) is 9.38. The fourth-order valence-corrected chi connectivity index (χ4v) is 4.72. The van der Waals surface area contributed by atoms with Crippen LogP contribution in [-0.4, -0.2) is 20.7 Å². The largest absolute Gasteiger partial charge is 0.461 e. The first-order chi connectivity index (χ1) is 18.8. The quantitative estimate of drug-likeness (QED) is 0.167. The average molecular weight is 553 g/mol. The smallest absolute Gasteiger partial charge is 0.416 e. The number of nitrogens with one attached hydrogen (secondary N) is 1. The zero-order valence-electron chi connectivity index (χ0n) is 20.2. The van der Waals surface area contributed by atoms with Crippen molar-refractivity contribution in [3.63, 3.8) is 0 Å². The molecule has 0 aliphatic rings. The van der Waals surface area contributed by atoms with Gasteiger partial charge in [-0.2, -0.15) is 13.2 Å². The van der Waals surface area contributed by atoms with E-state index in [0.29, 0.717) is 33.6 Å². The van der Waals surface area contributed by atoms with Crippen molar-refractivity contribution in [2.45, 2.75) is 23.6 Å². The van der Waals surface area contributed by atoms with Gasteiger partial charge in [-0.05, 0) is 59.7 Å². The highest BCUT2D eigenvalue weighted by Crippen LogP contribution is 2.31. The van der Waals surface area contributed by atoms with Gasteiger partial charge in [-0.25, -0.2) is 4.39 Å². The van der Waals surface area contributed by atoms with Crippen LogP contribution in [0.15, 0.2) is 101 Å². The van der Waals surface area contributed by atoms with Crippen molar-refractivity contribution < 1.29 is 26.8 Å². The van der Waals surface area contributed by atoms with E-state index in [2.05, 4.69) is 15.5 Å². The maximum Gasteiger partial charge on any atom is 0.416 e. The first-order valence-corrected chi connectivity index (χ1v) is 12.7. The van der Waals surface area contributed by atoms with Crippen LogP contribution in [-0.2, 0) is 18.5 Å². The number of nitrogens with zero attached hydrogens (tertiary/aromatic N) is 3. The minimum absolute atomic E-state index is 0.0376. The monoisotopic (exact) mass is 552 g/mol. The summed E-state index contributed by atoms with van der Waals surface area (Å²) >= 11 is 1.34. The van der Waals surface area contributed by atoms with Crippen LogP contribution in [0, 0.1) is 5.82 Å². The third-order valence-corrected chi connectivity index (χ3v) is 6.76. The summed E-state index contributed by atoms with van der Waals surface area (Å²) in [7, 11) is 0. The number of aromatic nitrogens is 3. The van der Waals surface area contributed by atoms with Crippen molar-refractivity contribution in [3.8, 4) is 17.3 Å². The molecule has 0 atom stereocenters. The number of para-hydroxylation sites is 1. The first-order valence-electron chi connectivity index (χ1n) is 11.7. The van der Waals surface area contributed by atoms with E-state index in [1.165, 1.54) is 36.2 Å². The lowest BCUT2D eigenvalue weighted by Crippen LogP contribution is -2.23. The highest BCUT2D eigenvalue weighted by Gasteiger charge is 2.30. The third kappa shape index (κ3) is 6.04. The predicted molar refractivity (Wildman–Crippen MR) is 138 cm³/mol. The van der Waals surface area contributed by atoms with Crippen molar-refractivity contribution in [1.29, 1.82) is 0 Å². The predicted octanol–water partition coefficient (Wildman–Crippen LogP) is 6.91. The van der Waals surface area contributed by atoms with Crippen molar-refractivity contribution >= 4 is 17.7 Å².